The van der Waals surface area contributed by atoms with Gasteiger partial charge in [-0.2, -0.15) is 0 Å². The Kier molecular flexibility index (Phi) is 2.52. The van der Waals surface area contributed by atoms with E-state index in [9.17, 15) is 0 Å². The first-order chi connectivity index (χ1) is 13.9. The van der Waals surface area contributed by atoms with E-state index in [2.05, 4.69) is 70.6 Å². The maximum atomic E-state index is 4.55. The summed E-state index contributed by atoms with van der Waals surface area (Å²) in [7, 11) is 0. The molecule has 5 aromatic carbocycles. The van der Waals surface area contributed by atoms with Crippen molar-refractivity contribution in [1.82, 2.24) is 9.97 Å². The molecule has 28 heavy (non-hydrogen) atoms. The van der Waals surface area contributed by atoms with Crippen LogP contribution in [0.25, 0.3) is 64.6 Å². The zero-order valence-corrected chi connectivity index (χ0v) is 15.0. The average molecular weight is 354 g/mol. The summed E-state index contributed by atoms with van der Waals surface area (Å²) < 4.78 is 0. The Balaban J connectivity index is 1.99. The van der Waals surface area contributed by atoms with Crippen LogP contribution in [0.4, 0.5) is 0 Å². The third kappa shape index (κ3) is 1.64. The Labute approximate surface area is 160 Å². The van der Waals surface area contributed by atoms with Gasteiger partial charge in [0.2, 0.25) is 0 Å². The van der Waals surface area contributed by atoms with Crippen molar-refractivity contribution in [3.8, 4) is 0 Å². The van der Waals surface area contributed by atoms with E-state index in [1.54, 1.807) is 0 Å². The topological polar surface area (TPSA) is 25.8 Å². The van der Waals surface area contributed by atoms with Gasteiger partial charge in [0.15, 0.2) is 0 Å². The Morgan fingerprint density at radius 3 is 2.18 bits per heavy atom. The number of fused-ring (bicyclic) bond motifs is 6. The smallest absolute Gasteiger partial charge is 0.0353 e. The maximum Gasteiger partial charge on any atom is 0.0353 e. The molecule has 2 heterocycles. The van der Waals surface area contributed by atoms with E-state index in [0.717, 1.165) is 0 Å². The highest BCUT2D eigenvalue weighted by atomic mass is 14.6. The molecule has 0 atom stereocenters. The van der Waals surface area contributed by atoms with E-state index in [1.807, 2.05) is 24.8 Å². The molecular weight excluding hydrogens is 340 g/mol. The van der Waals surface area contributed by atoms with Crippen LogP contribution in [0.15, 0.2) is 85.5 Å². The van der Waals surface area contributed by atoms with Crippen LogP contribution in [0.3, 0.4) is 0 Å². The molecule has 0 unspecified atom stereocenters. The molecule has 0 amide bonds. The predicted octanol–water partition coefficient (Wildman–Crippen LogP) is 6.83. The van der Waals surface area contributed by atoms with Crippen molar-refractivity contribution >= 4 is 64.6 Å². The summed E-state index contributed by atoms with van der Waals surface area (Å²) in [6.45, 7) is 0. The van der Waals surface area contributed by atoms with Gasteiger partial charge in [0.05, 0.1) is 0 Å². The summed E-state index contributed by atoms with van der Waals surface area (Å²) >= 11 is 0. The lowest BCUT2D eigenvalue weighted by molar-refractivity contribution is 1.37. The van der Waals surface area contributed by atoms with Crippen LogP contribution in [-0.2, 0) is 0 Å². The predicted molar refractivity (Wildman–Crippen MR) is 118 cm³/mol. The second-order valence-corrected chi connectivity index (χ2v) is 7.51. The summed E-state index contributed by atoms with van der Waals surface area (Å²) in [5.41, 5.74) is 0. The first-order valence-electron chi connectivity index (χ1n) is 9.50. The van der Waals surface area contributed by atoms with Gasteiger partial charge < -0.3 is 0 Å². The van der Waals surface area contributed by atoms with Gasteiger partial charge in [-0.3, -0.25) is 9.97 Å². The van der Waals surface area contributed by atoms with Crippen molar-refractivity contribution in [3.05, 3.63) is 85.5 Å². The van der Waals surface area contributed by atoms with Crippen LogP contribution in [0, 0.1) is 0 Å². The van der Waals surface area contributed by atoms with E-state index in [0.29, 0.717) is 0 Å². The zero-order valence-electron chi connectivity index (χ0n) is 15.0. The Morgan fingerprint density at radius 2 is 1.18 bits per heavy atom. The summed E-state index contributed by atoms with van der Waals surface area (Å²) in [5, 5.41) is 15.2. The molecule has 0 aliphatic carbocycles. The molecule has 0 spiro atoms. The number of aromatic nitrogens is 2. The van der Waals surface area contributed by atoms with Gasteiger partial charge in [-0.05, 0) is 61.3 Å². The monoisotopic (exact) mass is 354 g/mol. The second-order valence-electron chi connectivity index (χ2n) is 7.51. The number of hydrogen-bond donors (Lipinski definition) is 0. The van der Waals surface area contributed by atoms with Gasteiger partial charge >= 0.3 is 0 Å². The average Bonchev–Trinajstić information content (AvgIpc) is 2.76. The highest BCUT2D eigenvalue weighted by Crippen LogP contribution is 2.45. The molecule has 0 saturated heterocycles. The van der Waals surface area contributed by atoms with Gasteiger partial charge in [0, 0.05) is 46.3 Å². The van der Waals surface area contributed by atoms with Crippen molar-refractivity contribution in [2.45, 2.75) is 0 Å². The van der Waals surface area contributed by atoms with Crippen LogP contribution in [-0.4, -0.2) is 9.97 Å². The molecule has 0 N–H and O–H groups in total. The number of rotatable bonds is 0. The minimum absolute atomic E-state index is 1.18. The molecule has 0 aliphatic heterocycles. The lowest BCUT2D eigenvalue weighted by atomic mass is 9.86. The Morgan fingerprint density at radius 1 is 0.429 bits per heavy atom. The van der Waals surface area contributed by atoms with Crippen molar-refractivity contribution in [1.29, 1.82) is 0 Å². The SMILES string of the molecule is c1ccc2c(c1)cc1c3cncc4cccc(c43)c3c4ccncc4cc2c13. The molecule has 0 bridgehead atoms. The molecule has 2 nitrogen and oxygen atoms in total. The van der Waals surface area contributed by atoms with Crippen LogP contribution in [0.2, 0.25) is 0 Å². The minimum Gasteiger partial charge on any atom is -0.264 e. The van der Waals surface area contributed by atoms with E-state index in [4.69, 9.17) is 0 Å². The zero-order chi connectivity index (χ0) is 18.2. The Hall–Kier alpha value is -3.78. The van der Waals surface area contributed by atoms with Crippen molar-refractivity contribution in [3.63, 3.8) is 0 Å². The van der Waals surface area contributed by atoms with Crippen LogP contribution < -0.4 is 0 Å². The lowest BCUT2D eigenvalue weighted by Gasteiger charge is -2.17. The van der Waals surface area contributed by atoms with Crippen molar-refractivity contribution < 1.29 is 0 Å². The summed E-state index contributed by atoms with van der Waals surface area (Å²) in [6.07, 6.45) is 7.87. The third-order valence-electron chi connectivity index (χ3n) is 6.10. The second kappa shape index (κ2) is 4.93. The standard InChI is InChI=1S/C26H14N2/c1-2-6-18-15(4-1)10-22-23-14-28-12-16-5-3-7-20(24(16)23)25-19-8-9-27-13-17(19)11-21(18)26(22)25/h1-14H. The normalized spacial score (nSPS) is 12.3. The highest BCUT2D eigenvalue weighted by Gasteiger charge is 2.17. The molecule has 7 rings (SSSR count). The van der Waals surface area contributed by atoms with Crippen molar-refractivity contribution in [2.24, 2.45) is 0 Å². The highest BCUT2D eigenvalue weighted by molar-refractivity contribution is 6.40. The van der Waals surface area contributed by atoms with Crippen LogP contribution >= 0.6 is 0 Å². The Bertz CT molecular complexity index is 1710. The molecule has 7 aromatic rings. The number of benzene rings is 5. The van der Waals surface area contributed by atoms with E-state index < -0.39 is 0 Å². The molecular formula is C26H14N2. The van der Waals surface area contributed by atoms with E-state index >= 15 is 0 Å². The van der Waals surface area contributed by atoms with Crippen LogP contribution in [0.5, 0.6) is 0 Å². The minimum atomic E-state index is 1.18. The largest absolute Gasteiger partial charge is 0.264 e. The van der Waals surface area contributed by atoms with E-state index in [1.165, 1.54) is 64.6 Å². The maximum absolute atomic E-state index is 4.55. The number of hydrogen-bond acceptors (Lipinski definition) is 2. The third-order valence-corrected chi connectivity index (χ3v) is 6.10. The van der Waals surface area contributed by atoms with Crippen molar-refractivity contribution in [2.75, 3.05) is 0 Å². The fourth-order valence-electron chi connectivity index (χ4n) is 4.97. The first kappa shape index (κ1) is 14.3. The molecule has 128 valence electrons. The quantitative estimate of drug-likeness (QED) is 0.220. The van der Waals surface area contributed by atoms with Crippen LogP contribution in [0.1, 0.15) is 0 Å². The molecule has 0 aliphatic rings. The summed E-state index contributed by atoms with van der Waals surface area (Å²) in [5.74, 6) is 0. The van der Waals surface area contributed by atoms with Gasteiger partial charge in [-0.25, -0.2) is 0 Å². The number of nitrogens with zero attached hydrogens (tertiary/aromatic N) is 2. The van der Waals surface area contributed by atoms with E-state index in [-0.39, 0.29) is 0 Å². The van der Waals surface area contributed by atoms with Gasteiger partial charge in [-0.15, -0.1) is 0 Å². The molecule has 2 heteroatoms. The van der Waals surface area contributed by atoms with Gasteiger partial charge in [0.1, 0.15) is 0 Å². The first-order valence-corrected chi connectivity index (χ1v) is 9.50. The molecule has 0 fully saturated rings. The number of pyridine rings is 2. The van der Waals surface area contributed by atoms with Gasteiger partial charge in [0.25, 0.3) is 0 Å². The summed E-state index contributed by atoms with van der Waals surface area (Å²) in [6, 6.07) is 22.0. The molecule has 0 saturated carbocycles. The molecule has 2 aromatic heterocycles. The fraction of sp³-hybridized carbons (Fsp3) is 0. The summed E-state index contributed by atoms with van der Waals surface area (Å²) in [4.78, 5) is 8.95. The van der Waals surface area contributed by atoms with Gasteiger partial charge in [-0.1, -0.05) is 42.5 Å². The molecule has 0 radical (unpaired) electrons. The lowest BCUT2D eigenvalue weighted by Crippen LogP contribution is -1.91. The fourth-order valence-corrected chi connectivity index (χ4v) is 4.97.